The molecule has 0 aliphatic carbocycles. The first-order chi connectivity index (χ1) is 32.6. The highest BCUT2D eigenvalue weighted by atomic mass is 16.3. The number of carbonyl (C=O) groups is 1. The molecule has 0 aliphatic heterocycles. The first-order valence-corrected chi connectivity index (χ1v) is 24.2. The maximum Gasteiger partial charge on any atom is 0.185 e. The fourth-order valence-corrected chi connectivity index (χ4v) is 6.65. The minimum absolute atomic E-state index is 0.259. The van der Waals surface area contributed by atoms with Crippen molar-refractivity contribution in [2.45, 2.75) is 132 Å². The van der Waals surface area contributed by atoms with Crippen LogP contribution in [0.15, 0.2) is 134 Å². The summed E-state index contributed by atoms with van der Waals surface area (Å²) in [6.07, 6.45) is 8.69. The number of ketones is 1. The van der Waals surface area contributed by atoms with E-state index in [1.807, 2.05) is 156 Å². The Kier molecular flexibility index (Phi) is 27.2. The quantitative estimate of drug-likeness (QED) is 0.0756. The van der Waals surface area contributed by atoms with E-state index in [9.17, 15) is 9.90 Å². The van der Waals surface area contributed by atoms with Crippen molar-refractivity contribution in [3.05, 3.63) is 206 Å². The van der Waals surface area contributed by atoms with Gasteiger partial charge in [0.15, 0.2) is 5.78 Å². The van der Waals surface area contributed by atoms with Gasteiger partial charge in [0.1, 0.15) is 0 Å². The van der Waals surface area contributed by atoms with Crippen LogP contribution in [-0.4, -0.2) is 25.7 Å². The van der Waals surface area contributed by atoms with Crippen LogP contribution < -0.4 is 5.11 Å². The second-order valence-corrected chi connectivity index (χ2v) is 15.8. The predicted molar refractivity (Wildman–Crippen MR) is 294 cm³/mol. The summed E-state index contributed by atoms with van der Waals surface area (Å²) in [6.45, 7) is 38.8. The van der Waals surface area contributed by atoms with Crippen molar-refractivity contribution in [3.8, 4) is 11.4 Å². The van der Waals surface area contributed by atoms with Gasteiger partial charge in [-0.05, 0) is 145 Å². The van der Waals surface area contributed by atoms with Crippen LogP contribution >= 0.6 is 0 Å². The fourth-order valence-electron chi connectivity index (χ4n) is 6.65. The number of allylic oxidation sites excluding steroid dienone is 1. The van der Waals surface area contributed by atoms with Crippen molar-refractivity contribution in [2.24, 2.45) is 0 Å². The number of benzene rings is 4. The highest BCUT2D eigenvalue weighted by molar-refractivity contribution is 6.08. The maximum absolute atomic E-state index is 11.9. The summed E-state index contributed by atoms with van der Waals surface area (Å²) in [4.78, 5) is 29.7. The van der Waals surface area contributed by atoms with Crippen molar-refractivity contribution in [3.63, 3.8) is 0 Å². The molecule has 0 N–H and O–H groups in total. The molecule has 6 nitrogen and oxygen atoms in total. The second kappa shape index (κ2) is 31.2. The average Bonchev–Trinajstić information content (AvgIpc) is 3.34. The van der Waals surface area contributed by atoms with Crippen LogP contribution in [0.5, 0.6) is 0 Å². The Morgan fingerprint density at radius 1 is 0.368 bits per heavy atom. The molecule has 4 heterocycles. The van der Waals surface area contributed by atoms with Crippen molar-refractivity contribution in [1.82, 2.24) is 19.9 Å². The van der Waals surface area contributed by atoms with Crippen LogP contribution in [-0.2, 0) is 0 Å². The number of carbonyl (C=O) groups excluding carboxylic acids is 1. The number of pyridine rings is 4. The van der Waals surface area contributed by atoms with E-state index in [1.54, 1.807) is 24.3 Å². The molecule has 0 aliphatic rings. The molecule has 0 radical (unpaired) electrons. The zero-order valence-corrected chi connectivity index (χ0v) is 44.8. The molecular weight excluding hydrogens is 833 g/mol. The number of aryl methyl sites for hydroxylation is 11. The van der Waals surface area contributed by atoms with Gasteiger partial charge in [0.25, 0.3) is 0 Å². The summed E-state index contributed by atoms with van der Waals surface area (Å²) in [7, 11) is 0. The summed E-state index contributed by atoms with van der Waals surface area (Å²) >= 11 is 0. The van der Waals surface area contributed by atoms with E-state index in [4.69, 9.17) is 0 Å². The molecule has 0 atom stereocenters. The zero-order valence-electron chi connectivity index (χ0n) is 44.8. The predicted octanol–water partition coefficient (Wildman–Crippen LogP) is 16.4. The molecule has 8 rings (SSSR count). The van der Waals surface area contributed by atoms with E-state index in [1.165, 1.54) is 60.8 Å². The van der Waals surface area contributed by atoms with Gasteiger partial charge in [0, 0.05) is 41.1 Å². The molecule has 6 heteroatoms. The van der Waals surface area contributed by atoms with E-state index < -0.39 is 0 Å². The van der Waals surface area contributed by atoms with E-state index in [2.05, 4.69) is 98.7 Å². The number of hydrogen-bond donors (Lipinski definition) is 0. The number of hydrogen-bond acceptors (Lipinski definition) is 6. The van der Waals surface area contributed by atoms with Crippen LogP contribution in [0.1, 0.15) is 133 Å². The number of aromatic nitrogens is 4. The highest BCUT2D eigenvalue weighted by Gasteiger charge is 2.11. The topological polar surface area (TPSA) is 91.7 Å². The average molecular weight is 912 g/mol. The number of fused-ring (bicyclic) bond motifs is 3. The molecule has 0 saturated heterocycles. The Morgan fingerprint density at radius 2 is 0.676 bits per heavy atom. The molecule has 0 unspecified atom stereocenters. The van der Waals surface area contributed by atoms with Crippen molar-refractivity contribution in [1.29, 1.82) is 0 Å². The minimum Gasteiger partial charge on any atom is -0.872 e. The molecule has 0 amide bonds. The van der Waals surface area contributed by atoms with Gasteiger partial charge in [-0.25, -0.2) is 0 Å². The van der Waals surface area contributed by atoms with Crippen LogP contribution in [0.2, 0.25) is 0 Å². The van der Waals surface area contributed by atoms with E-state index in [0.29, 0.717) is 11.1 Å². The van der Waals surface area contributed by atoms with Gasteiger partial charge in [-0.3, -0.25) is 24.7 Å². The fraction of sp³-hybridized carbons (Fsp3) is 0.306. The lowest BCUT2D eigenvalue weighted by Gasteiger charge is -2.12. The van der Waals surface area contributed by atoms with Crippen molar-refractivity contribution < 1.29 is 9.90 Å². The van der Waals surface area contributed by atoms with Gasteiger partial charge in [-0.15, -0.1) is 0 Å². The number of rotatable bonds is 4. The Bertz CT molecular complexity index is 2590. The molecule has 0 fully saturated rings. The largest absolute Gasteiger partial charge is 0.872 e. The molecular formula is C62H79N4O2-. The van der Waals surface area contributed by atoms with Gasteiger partial charge < -0.3 is 5.11 Å². The van der Waals surface area contributed by atoms with Crippen molar-refractivity contribution in [2.75, 3.05) is 0 Å². The maximum atomic E-state index is 11.9. The molecule has 4 aromatic carbocycles. The third kappa shape index (κ3) is 18.8. The molecule has 68 heavy (non-hydrogen) atoms. The second-order valence-electron chi connectivity index (χ2n) is 15.8. The van der Waals surface area contributed by atoms with E-state index >= 15 is 0 Å². The summed E-state index contributed by atoms with van der Waals surface area (Å²) in [6, 6.07) is 33.4. The Morgan fingerprint density at radius 3 is 1.00 bits per heavy atom. The lowest BCUT2D eigenvalue weighted by atomic mass is 9.97. The molecule has 0 spiro atoms. The molecule has 360 valence electrons. The lowest BCUT2D eigenvalue weighted by Crippen LogP contribution is -2.06. The van der Waals surface area contributed by atoms with Crippen LogP contribution in [0.4, 0.5) is 0 Å². The molecule has 0 saturated carbocycles. The molecule has 0 bridgehead atoms. The standard InChI is InChI=1S/C17H16O2.C16H16N2.C12H12N2.C9H12.4C2H6/c1-12-3-7-14(8-4-12)16(18)11-17(19)15-9-5-13(2)6-10-15;1-9-5-13-11(3)12(4)14-6-10(2)8-18-16(14)15(13)17-7-9;1-9-3-5-11(13-7-9)12-6-4-10(2)8-14-12;1-7-4-8(2)6-9(3)5-7;4*1-2/h3-11,18H,1-2H3;5-8H,1-4H3;3-8H,1-2H3;4-6H,1-3H3;4*1-2H3/p-1/b16-11-;;;;;;;. The monoisotopic (exact) mass is 912 g/mol. The Balaban J connectivity index is 0.000000442. The van der Waals surface area contributed by atoms with Crippen LogP contribution in [0.25, 0.3) is 39.0 Å². The highest BCUT2D eigenvalue weighted by Crippen LogP contribution is 2.30. The summed E-state index contributed by atoms with van der Waals surface area (Å²) in [5.41, 5.74) is 18.5. The molecule has 8 aromatic rings. The smallest absolute Gasteiger partial charge is 0.185 e. The Labute approximate surface area is 410 Å². The minimum atomic E-state index is -0.259. The van der Waals surface area contributed by atoms with E-state index in [0.717, 1.165) is 39.6 Å². The van der Waals surface area contributed by atoms with Crippen LogP contribution in [0, 0.1) is 76.2 Å². The van der Waals surface area contributed by atoms with Gasteiger partial charge >= 0.3 is 0 Å². The van der Waals surface area contributed by atoms with Crippen LogP contribution in [0.3, 0.4) is 0 Å². The van der Waals surface area contributed by atoms with E-state index in [-0.39, 0.29) is 11.5 Å². The first kappa shape index (κ1) is 59.2. The van der Waals surface area contributed by atoms with Gasteiger partial charge in [0.05, 0.1) is 22.4 Å². The zero-order chi connectivity index (χ0) is 51.5. The van der Waals surface area contributed by atoms with Crippen molar-refractivity contribution >= 4 is 33.3 Å². The molecule has 4 aromatic heterocycles. The lowest BCUT2D eigenvalue weighted by molar-refractivity contribution is -0.243. The third-order valence-electron chi connectivity index (χ3n) is 10.0. The summed E-state index contributed by atoms with van der Waals surface area (Å²) < 4.78 is 0. The normalized spacial score (nSPS) is 9.90. The van der Waals surface area contributed by atoms with Gasteiger partial charge in [-0.1, -0.05) is 168 Å². The summed E-state index contributed by atoms with van der Waals surface area (Å²) in [5, 5.41) is 14.4. The summed E-state index contributed by atoms with van der Waals surface area (Å²) in [5.74, 6) is -0.517. The third-order valence-corrected chi connectivity index (χ3v) is 10.0. The first-order valence-electron chi connectivity index (χ1n) is 24.2. The van der Waals surface area contributed by atoms with Gasteiger partial charge in [-0.2, -0.15) is 0 Å². The van der Waals surface area contributed by atoms with Gasteiger partial charge in [0.2, 0.25) is 0 Å². The SMILES string of the molecule is CC.CC.CC.CC.Cc1cc(C)cc(C)c1.Cc1ccc(-c2ccc(C)cn2)nc1.Cc1ccc(C(=O)/C=C(\[O-])c2ccc(C)cc2)cc1.Cc1cnc2c(c1)c(C)c(C)c1cc(C)cnc12. The number of nitrogens with zero attached hydrogens (tertiary/aromatic N) is 4. The Hall–Kier alpha value is -6.79.